The minimum atomic E-state index is -1.56. The van der Waals surface area contributed by atoms with Gasteiger partial charge >= 0.3 is 5.97 Å². The number of hydrogen-bond acceptors (Lipinski definition) is 7. The van der Waals surface area contributed by atoms with E-state index >= 15 is 0 Å². The fourth-order valence-corrected chi connectivity index (χ4v) is 5.25. The fraction of sp³-hybridized carbons (Fsp3) is 0.483. The number of hydrogen-bond donors (Lipinski definition) is 8. The molecule has 4 atom stereocenters. The monoisotopic (exact) mass is 627 g/mol. The number of nitrogens with one attached hydrogen (secondary N) is 5. The molecule has 1 unspecified atom stereocenters. The van der Waals surface area contributed by atoms with Crippen LogP contribution in [0.15, 0.2) is 35.5 Å². The third-order valence-corrected chi connectivity index (χ3v) is 7.41. The number of rotatable bonds is 9. The lowest BCUT2D eigenvalue weighted by atomic mass is 9.98. The van der Waals surface area contributed by atoms with E-state index in [0.29, 0.717) is 12.0 Å². The maximum Gasteiger partial charge on any atom is 0.305 e. The molecule has 0 bridgehead atoms. The predicted molar refractivity (Wildman–Crippen MR) is 164 cm³/mol. The van der Waals surface area contributed by atoms with Crippen LogP contribution in [0.25, 0.3) is 10.9 Å². The highest BCUT2D eigenvalue weighted by Crippen LogP contribution is 2.21. The Morgan fingerprint density at radius 3 is 2.36 bits per heavy atom. The van der Waals surface area contributed by atoms with E-state index in [1.165, 1.54) is 11.9 Å². The Hall–Kier alpha value is -5.15. The molecular weight excluding hydrogens is 586 g/mol. The van der Waals surface area contributed by atoms with Crippen LogP contribution >= 0.6 is 0 Å². The van der Waals surface area contributed by atoms with Gasteiger partial charge in [-0.15, -0.1) is 0 Å². The number of fused-ring (bicyclic) bond motifs is 1. The number of aromatic amines is 1. The lowest BCUT2D eigenvalue weighted by Crippen LogP contribution is -2.59. The third kappa shape index (κ3) is 9.42. The lowest BCUT2D eigenvalue weighted by Gasteiger charge is -2.34. The maximum absolute atomic E-state index is 14.1. The van der Waals surface area contributed by atoms with Crippen molar-refractivity contribution in [3.63, 3.8) is 0 Å². The minimum Gasteiger partial charge on any atom is -0.481 e. The largest absolute Gasteiger partial charge is 0.481 e. The Morgan fingerprint density at radius 1 is 1.00 bits per heavy atom. The van der Waals surface area contributed by atoms with Crippen molar-refractivity contribution in [2.45, 2.75) is 63.7 Å². The van der Waals surface area contributed by atoms with E-state index in [4.69, 9.17) is 11.5 Å². The van der Waals surface area contributed by atoms with Crippen molar-refractivity contribution >= 4 is 52.4 Å². The molecule has 10 N–H and O–H groups in total. The van der Waals surface area contributed by atoms with Gasteiger partial charge in [0.2, 0.25) is 29.5 Å². The Kier molecular flexibility index (Phi) is 11.9. The number of para-hydroxylation sites is 1. The molecule has 2 heterocycles. The zero-order chi connectivity index (χ0) is 33.3. The summed E-state index contributed by atoms with van der Waals surface area (Å²) in [5.74, 6) is -5.65. The molecule has 16 heteroatoms. The smallest absolute Gasteiger partial charge is 0.305 e. The standard InChI is InChI=1S/C29H41N9O7/c1-15(2)24-27(44)36-19(9-6-10-32-29(30)31)25(42)34-14-22(39)35-20(12-23(40)41)26(43)37-21(28(45)38(24)3)11-16-13-33-18-8-5-4-7-17(16)18/h4-5,7-8,13,15,19-21,24,33H,6,9-12,14H2,1-3H3,(H,34,42)(H,35,39)(H,36,44)(H,37,43)(H,40,41)(H4,30,31,32)/t19-,20-,21+,24?/m0/s1. The van der Waals surface area contributed by atoms with Crippen molar-refractivity contribution in [1.82, 2.24) is 31.2 Å². The van der Waals surface area contributed by atoms with Gasteiger partial charge in [-0.05, 0) is 30.4 Å². The molecule has 0 radical (unpaired) electrons. The van der Waals surface area contributed by atoms with Crippen LogP contribution in [0.1, 0.15) is 38.7 Å². The number of carboxylic acid groups (broad SMARTS) is 1. The third-order valence-electron chi connectivity index (χ3n) is 7.41. The maximum atomic E-state index is 14.1. The number of carbonyl (C=O) groups is 6. The lowest BCUT2D eigenvalue weighted by molar-refractivity contribution is -0.144. The van der Waals surface area contributed by atoms with Gasteiger partial charge in [0, 0.05) is 37.1 Å². The van der Waals surface area contributed by atoms with E-state index < -0.39 is 78.6 Å². The van der Waals surface area contributed by atoms with Gasteiger partial charge in [0.15, 0.2) is 5.96 Å². The molecule has 1 aliphatic heterocycles. The van der Waals surface area contributed by atoms with E-state index in [0.717, 1.165) is 10.9 Å². The molecule has 1 aromatic heterocycles. The molecule has 1 aliphatic rings. The number of carboxylic acids is 1. The fourth-order valence-electron chi connectivity index (χ4n) is 5.25. The number of aliphatic imine (C=N–C) groups is 1. The molecular formula is C29H41N9O7. The molecule has 0 aliphatic carbocycles. The molecule has 3 rings (SSSR count). The topological polar surface area (TPSA) is 254 Å². The van der Waals surface area contributed by atoms with E-state index in [1.54, 1.807) is 20.0 Å². The summed E-state index contributed by atoms with van der Waals surface area (Å²) in [5, 5.41) is 20.3. The van der Waals surface area contributed by atoms with Crippen molar-refractivity contribution in [2.24, 2.45) is 22.4 Å². The van der Waals surface area contributed by atoms with Crippen molar-refractivity contribution in [3.8, 4) is 0 Å². The van der Waals surface area contributed by atoms with Gasteiger partial charge in [0.25, 0.3) is 0 Å². The number of guanidine groups is 1. The van der Waals surface area contributed by atoms with Crippen LogP contribution in [-0.2, 0) is 35.2 Å². The number of aromatic nitrogens is 1. The number of carbonyl (C=O) groups excluding carboxylic acids is 5. The second-order valence-electron chi connectivity index (χ2n) is 11.2. The summed E-state index contributed by atoms with van der Waals surface area (Å²) in [4.78, 5) is 86.8. The first-order chi connectivity index (χ1) is 21.3. The Bertz CT molecular complexity index is 1450. The highest BCUT2D eigenvalue weighted by atomic mass is 16.4. The second kappa shape index (κ2) is 15.5. The quantitative estimate of drug-likeness (QED) is 0.0895. The molecule has 244 valence electrons. The van der Waals surface area contributed by atoms with E-state index in [-0.39, 0.29) is 25.3 Å². The molecule has 1 fully saturated rings. The molecule has 0 spiro atoms. The van der Waals surface area contributed by atoms with Crippen molar-refractivity contribution in [2.75, 3.05) is 20.1 Å². The van der Waals surface area contributed by atoms with Gasteiger partial charge in [-0.3, -0.25) is 33.8 Å². The number of H-pyrrole nitrogens is 1. The Morgan fingerprint density at radius 2 is 1.69 bits per heavy atom. The van der Waals surface area contributed by atoms with Gasteiger partial charge in [0.05, 0.1) is 13.0 Å². The highest BCUT2D eigenvalue weighted by molar-refractivity contribution is 5.98. The summed E-state index contributed by atoms with van der Waals surface area (Å²) in [6.45, 7) is 3.03. The zero-order valence-electron chi connectivity index (χ0n) is 25.5. The van der Waals surface area contributed by atoms with Gasteiger partial charge in [-0.2, -0.15) is 0 Å². The second-order valence-corrected chi connectivity index (χ2v) is 11.2. The number of benzene rings is 1. The molecule has 0 saturated carbocycles. The van der Waals surface area contributed by atoms with E-state index in [2.05, 4.69) is 31.2 Å². The van der Waals surface area contributed by atoms with Gasteiger partial charge in [0.1, 0.15) is 24.2 Å². The van der Waals surface area contributed by atoms with Crippen molar-refractivity contribution < 1.29 is 33.9 Å². The average Bonchev–Trinajstić information content (AvgIpc) is 3.38. The van der Waals surface area contributed by atoms with Gasteiger partial charge < -0.3 is 47.7 Å². The molecule has 1 saturated heterocycles. The number of nitrogens with zero attached hydrogens (tertiary/aromatic N) is 2. The van der Waals surface area contributed by atoms with Gasteiger partial charge in [-0.25, -0.2) is 0 Å². The Labute approximate surface area is 259 Å². The van der Waals surface area contributed by atoms with E-state index in [9.17, 15) is 33.9 Å². The van der Waals surface area contributed by atoms with E-state index in [1.807, 2.05) is 24.3 Å². The summed E-state index contributed by atoms with van der Waals surface area (Å²) < 4.78 is 0. The number of nitrogens with two attached hydrogens (primary N) is 2. The van der Waals surface area contributed by atoms with Gasteiger partial charge in [-0.1, -0.05) is 32.0 Å². The first-order valence-corrected chi connectivity index (χ1v) is 14.5. The zero-order valence-corrected chi connectivity index (χ0v) is 25.5. The number of amides is 5. The molecule has 45 heavy (non-hydrogen) atoms. The van der Waals surface area contributed by atoms with Crippen LogP contribution in [-0.4, -0.2) is 101 Å². The van der Waals surface area contributed by atoms with Crippen LogP contribution in [0.3, 0.4) is 0 Å². The van der Waals surface area contributed by atoms with Crippen LogP contribution in [0, 0.1) is 5.92 Å². The first kappa shape index (κ1) is 34.3. The molecule has 2 aromatic rings. The first-order valence-electron chi connectivity index (χ1n) is 14.5. The minimum absolute atomic E-state index is 0.00738. The summed E-state index contributed by atoms with van der Waals surface area (Å²) >= 11 is 0. The van der Waals surface area contributed by atoms with Crippen LogP contribution < -0.4 is 32.7 Å². The summed E-state index contributed by atoms with van der Waals surface area (Å²) in [5.41, 5.74) is 12.2. The van der Waals surface area contributed by atoms with Crippen molar-refractivity contribution in [1.29, 1.82) is 0 Å². The Balaban J connectivity index is 2.02. The van der Waals surface area contributed by atoms with Crippen molar-refractivity contribution in [3.05, 3.63) is 36.0 Å². The SMILES string of the molecule is CC(C)C1C(=O)N[C@@H](CCCN=C(N)N)C(=O)NCC(=O)N[C@@H](CC(=O)O)C(=O)N[C@H](Cc2c[nH]c3ccccc23)C(=O)N1C. The average molecular weight is 628 g/mol. The summed E-state index contributed by atoms with van der Waals surface area (Å²) in [7, 11) is 1.42. The predicted octanol–water partition coefficient (Wildman–Crippen LogP) is -1.69. The summed E-state index contributed by atoms with van der Waals surface area (Å²) in [6, 6.07) is 2.37. The molecule has 16 nitrogen and oxygen atoms in total. The van der Waals surface area contributed by atoms with Crippen LogP contribution in [0.5, 0.6) is 0 Å². The summed E-state index contributed by atoms with van der Waals surface area (Å²) in [6.07, 6.45) is 1.32. The number of likely N-dealkylation sites (N-methyl/N-ethyl adjacent to an activating group) is 1. The number of aliphatic carboxylic acids is 1. The van der Waals surface area contributed by atoms with Crippen LogP contribution in [0.4, 0.5) is 0 Å². The molecule has 1 aromatic carbocycles. The highest BCUT2D eigenvalue weighted by Gasteiger charge is 2.37. The van der Waals surface area contributed by atoms with Crippen LogP contribution in [0.2, 0.25) is 0 Å². The normalized spacial score (nSPS) is 22.1. The molecule has 5 amide bonds.